The zero-order chi connectivity index (χ0) is 12.0. The molecular formula is C12H16BrNO2. The molecule has 4 heteroatoms. The fourth-order valence-corrected chi connectivity index (χ4v) is 1.68. The Labute approximate surface area is 104 Å². The minimum Gasteiger partial charge on any atom is -0.385 e. The van der Waals surface area contributed by atoms with Crippen LogP contribution in [0.15, 0.2) is 22.7 Å². The molecule has 0 radical (unpaired) electrons. The number of hydrogen-bond acceptors (Lipinski definition) is 2. The van der Waals surface area contributed by atoms with E-state index in [1.807, 2.05) is 25.1 Å². The van der Waals surface area contributed by atoms with Crippen molar-refractivity contribution in [2.75, 3.05) is 19.0 Å². The van der Waals surface area contributed by atoms with E-state index in [0.717, 1.165) is 22.1 Å². The number of carbonyl (C=O) groups is 1. The SMILES string of the molecule is COCCCC(=O)Nc1cc(Br)ccc1C. The van der Waals surface area contributed by atoms with Gasteiger partial charge in [-0.1, -0.05) is 22.0 Å². The van der Waals surface area contributed by atoms with Crippen molar-refractivity contribution in [2.24, 2.45) is 0 Å². The first kappa shape index (κ1) is 13.2. The summed E-state index contributed by atoms with van der Waals surface area (Å²) in [5.41, 5.74) is 1.92. The van der Waals surface area contributed by atoms with Crippen molar-refractivity contribution in [3.63, 3.8) is 0 Å². The van der Waals surface area contributed by atoms with Crippen LogP contribution in [-0.4, -0.2) is 19.6 Å². The summed E-state index contributed by atoms with van der Waals surface area (Å²) >= 11 is 3.38. The van der Waals surface area contributed by atoms with Gasteiger partial charge < -0.3 is 10.1 Å². The maximum atomic E-state index is 11.6. The number of anilines is 1. The average molecular weight is 286 g/mol. The molecule has 0 saturated heterocycles. The molecule has 0 aliphatic heterocycles. The second-order valence-electron chi connectivity index (χ2n) is 3.60. The normalized spacial score (nSPS) is 10.2. The minimum absolute atomic E-state index is 0.0262. The van der Waals surface area contributed by atoms with Crippen LogP contribution >= 0.6 is 15.9 Å². The van der Waals surface area contributed by atoms with Crippen LogP contribution in [-0.2, 0) is 9.53 Å². The number of rotatable bonds is 5. The molecule has 1 amide bonds. The highest BCUT2D eigenvalue weighted by atomic mass is 79.9. The first-order valence-electron chi connectivity index (χ1n) is 5.18. The first-order chi connectivity index (χ1) is 7.63. The molecule has 0 unspecified atom stereocenters. The number of halogens is 1. The van der Waals surface area contributed by atoms with Crippen LogP contribution in [0.5, 0.6) is 0 Å². The van der Waals surface area contributed by atoms with Crippen molar-refractivity contribution in [1.82, 2.24) is 0 Å². The lowest BCUT2D eigenvalue weighted by molar-refractivity contribution is -0.116. The van der Waals surface area contributed by atoms with Gasteiger partial charge in [-0.15, -0.1) is 0 Å². The second kappa shape index (κ2) is 6.66. The zero-order valence-electron chi connectivity index (χ0n) is 9.55. The van der Waals surface area contributed by atoms with Crippen molar-refractivity contribution < 1.29 is 9.53 Å². The Bertz CT molecular complexity index is 366. The lowest BCUT2D eigenvalue weighted by atomic mass is 10.2. The molecule has 0 aliphatic carbocycles. The summed E-state index contributed by atoms with van der Waals surface area (Å²) in [4.78, 5) is 11.6. The van der Waals surface area contributed by atoms with Crippen LogP contribution in [0.1, 0.15) is 18.4 Å². The fraction of sp³-hybridized carbons (Fsp3) is 0.417. The summed E-state index contributed by atoms with van der Waals surface area (Å²) in [5, 5.41) is 2.89. The Morgan fingerprint density at radius 3 is 2.94 bits per heavy atom. The highest BCUT2D eigenvalue weighted by Crippen LogP contribution is 2.20. The Kier molecular flexibility index (Phi) is 5.49. The minimum atomic E-state index is 0.0262. The molecule has 0 heterocycles. The smallest absolute Gasteiger partial charge is 0.224 e. The maximum absolute atomic E-state index is 11.6. The lowest BCUT2D eigenvalue weighted by Gasteiger charge is -2.08. The van der Waals surface area contributed by atoms with E-state index in [1.54, 1.807) is 7.11 Å². The van der Waals surface area contributed by atoms with Crippen molar-refractivity contribution in [3.05, 3.63) is 28.2 Å². The van der Waals surface area contributed by atoms with E-state index in [4.69, 9.17) is 4.74 Å². The lowest BCUT2D eigenvalue weighted by Crippen LogP contribution is -2.12. The summed E-state index contributed by atoms with van der Waals surface area (Å²) in [5.74, 6) is 0.0262. The number of aryl methyl sites for hydroxylation is 1. The molecule has 16 heavy (non-hydrogen) atoms. The molecule has 0 saturated carbocycles. The van der Waals surface area contributed by atoms with Crippen LogP contribution < -0.4 is 5.32 Å². The fourth-order valence-electron chi connectivity index (χ4n) is 1.32. The van der Waals surface area contributed by atoms with Crippen LogP contribution in [0.2, 0.25) is 0 Å². The number of amides is 1. The molecule has 0 spiro atoms. The molecule has 1 rings (SSSR count). The van der Waals surface area contributed by atoms with Crippen molar-refractivity contribution >= 4 is 27.5 Å². The molecule has 1 aromatic carbocycles. The predicted octanol–water partition coefficient (Wildman–Crippen LogP) is 3.12. The number of methoxy groups -OCH3 is 1. The van der Waals surface area contributed by atoms with E-state index >= 15 is 0 Å². The summed E-state index contributed by atoms with van der Waals surface area (Å²) in [6.07, 6.45) is 1.23. The molecular weight excluding hydrogens is 270 g/mol. The molecule has 0 aromatic heterocycles. The molecule has 0 fully saturated rings. The van der Waals surface area contributed by atoms with Crippen LogP contribution in [0.25, 0.3) is 0 Å². The molecule has 1 aromatic rings. The van der Waals surface area contributed by atoms with Gasteiger partial charge in [0, 0.05) is 30.3 Å². The number of benzene rings is 1. The Hall–Kier alpha value is -0.870. The predicted molar refractivity (Wildman–Crippen MR) is 68.6 cm³/mol. The average Bonchev–Trinajstić information content (AvgIpc) is 2.24. The Balaban J connectivity index is 2.52. The zero-order valence-corrected chi connectivity index (χ0v) is 11.1. The quantitative estimate of drug-likeness (QED) is 0.844. The standard InChI is InChI=1S/C12H16BrNO2/c1-9-5-6-10(13)8-11(9)14-12(15)4-3-7-16-2/h5-6,8H,3-4,7H2,1-2H3,(H,14,15). The van der Waals surface area contributed by atoms with Crippen LogP contribution in [0, 0.1) is 6.92 Å². The topological polar surface area (TPSA) is 38.3 Å². The summed E-state index contributed by atoms with van der Waals surface area (Å²) < 4.78 is 5.86. The van der Waals surface area contributed by atoms with Gasteiger partial charge in [-0.25, -0.2) is 0 Å². The van der Waals surface area contributed by atoms with Gasteiger partial charge in [0.05, 0.1) is 0 Å². The molecule has 0 bridgehead atoms. The summed E-state index contributed by atoms with van der Waals surface area (Å²) in [6.45, 7) is 2.59. The second-order valence-corrected chi connectivity index (χ2v) is 4.52. The maximum Gasteiger partial charge on any atom is 0.224 e. The molecule has 1 N–H and O–H groups in total. The first-order valence-corrected chi connectivity index (χ1v) is 5.97. The molecule has 0 atom stereocenters. The monoisotopic (exact) mass is 285 g/mol. The number of nitrogens with one attached hydrogen (secondary N) is 1. The molecule has 88 valence electrons. The van der Waals surface area contributed by atoms with Gasteiger partial charge in [-0.3, -0.25) is 4.79 Å². The van der Waals surface area contributed by atoms with E-state index < -0.39 is 0 Å². The van der Waals surface area contributed by atoms with E-state index in [-0.39, 0.29) is 5.91 Å². The Morgan fingerprint density at radius 1 is 1.50 bits per heavy atom. The van der Waals surface area contributed by atoms with Gasteiger partial charge in [0.1, 0.15) is 0 Å². The molecule has 3 nitrogen and oxygen atoms in total. The van der Waals surface area contributed by atoms with E-state index in [0.29, 0.717) is 13.0 Å². The highest BCUT2D eigenvalue weighted by Gasteiger charge is 2.04. The third kappa shape index (κ3) is 4.33. The van der Waals surface area contributed by atoms with Gasteiger partial charge >= 0.3 is 0 Å². The van der Waals surface area contributed by atoms with Crippen molar-refractivity contribution in [3.8, 4) is 0 Å². The van der Waals surface area contributed by atoms with Gasteiger partial charge in [-0.2, -0.15) is 0 Å². The largest absolute Gasteiger partial charge is 0.385 e. The summed E-state index contributed by atoms with van der Waals surface area (Å²) in [6, 6.07) is 5.83. The van der Waals surface area contributed by atoms with Gasteiger partial charge in [0.25, 0.3) is 0 Å². The van der Waals surface area contributed by atoms with Crippen LogP contribution in [0.4, 0.5) is 5.69 Å². The number of carbonyl (C=O) groups excluding carboxylic acids is 1. The van der Waals surface area contributed by atoms with Crippen molar-refractivity contribution in [1.29, 1.82) is 0 Å². The van der Waals surface area contributed by atoms with Crippen molar-refractivity contribution in [2.45, 2.75) is 19.8 Å². The van der Waals surface area contributed by atoms with E-state index in [9.17, 15) is 4.79 Å². The number of hydrogen-bond donors (Lipinski definition) is 1. The van der Waals surface area contributed by atoms with E-state index in [1.165, 1.54) is 0 Å². The Morgan fingerprint density at radius 2 is 2.25 bits per heavy atom. The molecule has 0 aliphatic rings. The van der Waals surface area contributed by atoms with Crippen LogP contribution in [0.3, 0.4) is 0 Å². The number of ether oxygens (including phenoxy) is 1. The van der Waals surface area contributed by atoms with Gasteiger partial charge in [0.2, 0.25) is 5.91 Å². The van der Waals surface area contributed by atoms with Gasteiger partial charge in [-0.05, 0) is 31.0 Å². The van der Waals surface area contributed by atoms with Gasteiger partial charge in [0.15, 0.2) is 0 Å². The highest BCUT2D eigenvalue weighted by molar-refractivity contribution is 9.10. The summed E-state index contributed by atoms with van der Waals surface area (Å²) in [7, 11) is 1.64. The third-order valence-electron chi connectivity index (χ3n) is 2.23. The van der Waals surface area contributed by atoms with E-state index in [2.05, 4.69) is 21.2 Å². The third-order valence-corrected chi connectivity index (χ3v) is 2.72.